The number of aryl methyl sites for hydroxylation is 2. The van der Waals surface area contributed by atoms with Crippen LogP contribution in [0, 0.1) is 6.92 Å². The van der Waals surface area contributed by atoms with Crippen LogP contribution in [0.25, 0.3) is 0 Å². The first kappa shape index (κ1) is 15.1. The van der Waals surface area contributed by atoms with Crippen LogP contribution < -0.4 is 10.6 Å². The number of nitrogens with one attached hydrogen (secondary N) is 2. The summed E-state index contributed by atoms with van der Waals surface area (Å²) in [6, 6.07) is 10.8. The van der Waals surface area contributed by atoms with Crippen molar-refractivity contribution in [3.63, 3.8) is 0 Å². The third kappa shape index (κ3) is 4.32. The predicted octanol–water partition coefficient (Wildman–Crippen LogP) is 1.45. The molecule has 0 spiro atoms. The van der Waals surface area contributed by atoms with Crippen molar-refractivity contribution < 1.29 is 9.90 Å². The summed E-state index contributed by atoms with van der Waals surface area (Å²) in [4.78, 5) is 11.9. The number of benzene rings is 1. The number of aromatic nitrogens is 2. The van der Waals surface area contributed by atoms with Gasteiger partial charge in [0, 0.05) is 18.8 Å². The number of rotatable bonds is 5. The lowest BCUT2D eigenvalue weighted by Crippen LogP contribution is -2.41. The molecule has 1 aromatic heterocycles. The van der Waals surface area contributed by atoms with Crippen molar-refractivity contribution >= 4 is 11.8 Å². The first-order valence-corrected chi connectivity index (χ1v) is 6.81. The number of aliphatic hydroxyl groups is 1. The molecule has 0 aliphatic heterocycles. The Morgan fingerprint density at radius 2 is 2.10 bits per heavy atom. The molecule has 0 aliphatic carbocycles. The maximum atomic E-state index is 11.9. The Morgan fingerprint density at radius 1 is 1.38 bits per heavy atom. The second-order valence-corrected chi connectivity index (χ2v) is 4.96. The van der Waals surface area contributed by atoms with Crippen LogP contribution in [0.1, 0.15) is 11.3 Å². The number of nitrogens with zero attached hydrogens (tertiary/aromatic N) is 2. The van der Waals surface area contributed by atoms with E-state index in [0.717, 1.165) is 11.3 Å². The molecule has 0 fully saturated rings. The fourth-order valence-electron chi connectivity index (χ4n) is 2.02. The Bertz CT molecular complexity index is 575. The second kappa shape index (κ2) is 6.90. The molecule has 0 saturated heterocycles. The van der Waals surface area contributed by atoms with Crippen molar-refractivity contribution in [2.24, 2.45) is 7.05 Å². The van der Waals surface area contributed by atoms with Gasteiger partial charge >= 0.3 is 6.03 Å². The van der Waals surface area contributed by atoms with E-state index in [1.165, 1.54) is 0 Å². The SMILES string of the molecule is Cc1cc(NC(=O)N[C@H](CO)Cc2ccccc2)nn1C. The molecular weight excluding hydrogens is 268 g/mol. The summed E-state index contributed by atoms with van der Waals surface area (Å²) < 4.78 is 1.68. The molecule has 0 radical (unpaired) electrons. The number of hydrogen-bond donors (Lipinski definition) is 3. The van der Waals surface area contributed by atoms with Crippen LogP contribution in [0.2, 0.25) is 0 Å². The van der Waals surface area contributed by atoms with E-state index in [1.807, 2.05) is 44.3 Å². The van der Waals surface area contributed by atoms with E-state index in [4.69, 9.17) is 0 Å². The molecule has 6 heteroatoms. The molecule has 0 bridgehead atoms. The molecule has 0 aliphatic rings. The maximum absolute atomic E-state index is 11.9. The normalized spacial score (nSPS) is 12.0. The zero-order valence-electron chi connectivity index (χ0n) is 12.2. The van der Waals surface area contributed by atoms with E-state index in [1.54, 1.807) is 10.7 Å². The molecule has 1 atom stereocenters. The molecule has 21 heavy (non-hydrogen) atoms. The van der Waals surface area contributed by atoms with Crippen LogP contribution in [-0.2, 0) is 13.5 Å². The number of anilines is 1. The number of carbonyl (C=O) groups is 1. The van der Waals surface area contributed by atoms with Crippen LogP contribution in [0.15, 0.2) is 36.4 Å². The highest BCUT2D eigenvalue weighted by Gasteiger charge is 2.13. The van der Waals surface area contributed by atoms with Crippen LogP contribution in [-0.4, -0.2) is 33.6 Å². The first-order chi connectivity index (χ1) is 10.1. The van der Waals surface area contributed by atoms with Gasteiger partial charge in [-0.15, -0.1) is 0 Å². The number of urea groups is 1. The first-order valence-electron chi connectivity index (χ1n) is 6.81. The average Bonchev–Trinajstić information content (AvgIpc) is 2.77. The highest BCUT2D eigenvalue weighted by molar-refractivity contribution is 5.88. The van der Waals surface area contributed by atoms with Crippen LogP contribution in [0.5, 0.6) is 0 Å². The van der Waals surface area contributed by atoms with Crippen molar-refractivity contribution in [3.8, 4) is 0 Å². The third-order valence-electron chi connectivity index (χ3n) is 3.24. The van der Waals surface area contributed by atoms with Gasteiger partial charge in [-0.05, 0) is 18.9 Å². The summed E-state index contributed by atoms with van der Waals surface area (Å²) in [5.41, 5.74) is 2.01. The Morgan fingerprint density at radius 3 is 2.67 bits per heavy atom. The Balaban J connectivity index is 1.90. The van der Waals surface area contributed by atoms with Gasteiger partial charge in [-0.1, -0.05) is 30.3 Å². The van der Waals surface area contributed by atoms with Gasteiger partial charge in [0.25, 0.3) is 0 Å². The molecule has 1 aromatic carbocycles. The minimum Gasteiger partial charge on any atom is -0.394 e. The quantitative estimate of drug-likeness (QED) is 0.779. The van der Waals surface area contributed by atoms with E-state index in [2.05, 4.69) is 15.7 Å². The molecule has 3 N–H and O–H groups in total. The fourth-order valence-corrected chi connectivity index (χ4v) is 2.02. The average molecular weight is 288 g/mol. The zero-order chi connectivity index (χ0) is 15.2. The summed E-state index contributed by atoms with van der Waals surface area (Å²) >= 11 is 0. The highest BCUT2D eigenvalue weighted by atomic mass is 16.3. The molecule has 2 amide bonds. The summed E-state index contributed by atoms with van der Waals surface area (Å²) in [5, 5.41) is 18.9. The van der Waals surface area contributed by atoms with E-state index >= 15 is 0 Å². The Kier molecular flexibility index (Phi) is 4.94. The van der Waals surface area contributed by atoms with Gasteiger partial charge in [-0.3, -0.25) is 10.00 Å². The van der Waals surface area contributed by atoms with Crippen molar-refractivity contribution in [1.82, 2.24) is 15.1 Å². The second-order valence-electron chi connectivity index (χ2n) is 4.96. The summed E-state index contributed by atoms with van der Waals surface area (Å²) in [6.45, 7) is 1.78. The van der Waals surface area contributed by atoms with E-state index in [9.17, 15) is 9.90 Å². The predicted molar refractivity (Wildman–Crippen MR) is 81.1 cm³/mol. The fraction of sp³-hybridized carbons (Fsp3) is 0.333. The molecule has 1 heterocycles. The summed E-state index contributed by atoms with van der Waals surface area (Å²) in [7, 11) is 1.81. The monoisotopic (exact) mass is 288 g/mol. The van der Waals surface area contributed by atoms with Crippen LogP contribution >= 0.6 is 0 Å². The molecule has 2 aromatic rings. The Hall–Kier alpha value is -2.34. The van der Waals surface area contributed by atoms with Gasteiger partial charge in [0.15, 0.2) is 5.82 Å². The van der Waals surface area contributed by atoms with Crippen molar-refractivity contribution in [2.75, 3.05) is 11.9 Å². The van der Waals surface area contributed by atoms with Gasteiger partial charge in [0.05, 0.1) is 12.6 Å². The molecular formula is C15H20N4O2. The highest BCUT2D eigenvalue weighted by Crippen LogP contribution is 2.07. The van der Waals surface area contributed by atoms with Crippen molar-refractivity contribution in [3.05, 3.63) is 47.7 Å². The smallest absolute Gasteiger partial charge is 0.320 e. The third-order valence-corrected chi connectivity index (χ3v) is 3.24. The van der Waals surface area contributed by atoms with Crippen LogP contribution in [0.4, 0.5) is 10.6 Å². The minimum absolute atomic E-state index is 0.121. The molecule has 0 saturated carbocycles. The van der Waals surface area contributed by atoms with Crippen molar-refractivity contribution in [2.45, 2.75) is 19.4 Å². The molecule has 2 rings (SSSR count). The standard InChI is InChI=1S/C15H20N4O2/c1-11-8-14(18-19(11)2)17-15(21)16-13(10-20)9-12-6-4-3-5-7-12/h3-8,13,20H,9-10H2,1-2H3,(H2,16,17,18,21)/t13-/m0/s1. The maximum Gasteiger partial charge on any atom is 0.320 e. The number of aliphatic hydroxyl groups excluding tert-OH is 1. The van der Waals surface area contributed by atoms with Gasteiger partial charge in [0.1, 0.15) is 0 Å². The Labute approximate surface area is 123 Å². The lowest BCUT2D eigenvalue weighted by molar-refractivity contribution is 0.224. The van der Waals surface area contributed by atoms with E-state index in [0.29, 0.717) is 12.2 Å². The van der Waals surface area contributed by atoms with Gasteiger partial charge in [0.2, 0.25) is 0 Å². The van der Waals surface area contributed by atoms with Crippen LogP contribution in [0.3, 0.4) is 0 Å². The van der Waals surface area contributed by atoms with E-state index < -0.39 is 0 Å². The lowest BCUT2D eigenvalue weighted by atomic mass is 10.1. The summed E-state index contributed by atoms with van der Waals surface area (Å²) in [5.74, 6) is 0.490. The van der Waals surface area contributed by atoms with Crippen molar-refractivity contribution in [1.29, 1.82) is 0 Å². The number of amides is 2. The number of carbonyl (C=O) groups excluding carboxylic acids is 1. The summed E-state index contributed by atoms with van der Waals surface area (Å²) in [6.07, 6.45) is 0.575. The molecule has 0 unspecified atom stereocenters. The van der Waals surface area contributed by atoms with Gasteiger partial charge in [-0.25, -0.2) is 4.79 Å². The molecule has 112 valence electrons. The molecule has 6 nitrogen and oxygen atoms in total. The van der Waals surface area contributed by atoms with Gasteiger partial charge < -0.3 is 10.4 Å². The van der Waals surface area contributed by atoms with Gasteiger partial charge in [-0.2, -0.15) is 5.10 Å². The zero-order valence-corrected chi connectivity index (χ0v) is 12.2. The lowest BCUT2D eigenvalue weighted by Gasteiger charge is -2.16. The van der Waals surface area contributed by atoms with E-state index in [-0.39, 0.29) is 18.7 Å². The minimum atomic E-state index is -0.372. The topological polar surface area (TPSA) is 79.2 Å². The number of hydrogen-bond acceptors (Lipinski definition) is 3. The largest absolute Gasteiger partial charge is 0.394 e.